The van der Waals surface area contributed by atoms with Gasteiger partial charge in [0.15, 0.2) is 5.76 Å². The van der Waals surface area contributed by atoms with Crippen LogP contribution in [0.15, 0.2) is 59.1 Å². The number of aromatic nitrogens is 1. The molecule has 1 aliphatic carbocycles. The fourth-order valence-electron chi connectivity index (χ4n) is 4.21. The zero-order chi connectivity index (χ0) is 20.0. The highest BCUT2D eigenvalue weighted by molar-refractivity contribution is 6.07. The summed E-state index contributed by atoms with van der Waals surface area (Å²) in [6.07, 6.45) is 3.23. The lowest BCUT2D eigenvalue weighted by Crippen LogP contribution is -2.41. The van der Waals surface area contributed by atoms with Crippen molar-refractivity contribution in [3.8, 4) is 11.3 Å². The van der Waals surface area contributed by atoms with Crippen molar-refractivity contribution in [3.05, 3.63) is 77.0 Å². The molecule has 3 aromatic rings. The molecule has 0 bridgehead atoms. The molecule has 0 radical (unpaired) electrons. The number of carbonyl (C=O) groups is 2. The summed E-state index contributed by atoms with van der Waals surface area (Å²) in [5.41, 5.74) is 3.79. The van der Waals surface area contributed by atoms with E-state index in [0.29, 0.717) is 11.5 Å². The molecular weight excluding hydrogens is 366 g/mol. The van der Waals surface area contributed by atoms with Crippen LogP contribution in [0.4, 0.5) is 4.79 Å². The second-order valence-corrected chi connectivity index (χ2v) is 7.83. The van der Waals surface area contributed by atoms with E-state index in [1.165, 1.54) is 16.0 Å². The molecule has 29 heavy (non-hydrogen) atoms. The molecule has 1 aromatic heterocycles. The van der Waals surface area contributed by atoms with Gasteiger partial charge in [0.25, 0.3) is 5.91 Å². The normalized spacial score (nSPS) is 20.8. The number of nitrogens with zero attached hydrogens (tertiary/aromatic N) is 2. The molecule has 1 N–H and O–H groups in total. The van der Waals surface area contributed by atoms with E-state index < -0.39 is 11.6 Å². The average molecular weight is 387 g/mol. The van der Waals surface area contributed by atoms with Gasteiger partial charge in [-0.1, -0.05) is 53.7 Å². The number of fused-ring (bicyclic) bond motifs is 1. The average Bonchev–Trinajstić information content (AvgIpc) is 3.44. The summed E-state index contributed by atoms with van der Waals surface area (Å²) < 4.78 is 5.40. The van der Waals surface area contributed by atoms with E-state index in [9.17, 15) is 9.59 Å². The van der Waals surface area contributed by atoms with Crippen molar-refractivity contribution in [2.75, 3.05) is 0 Å². The van der Waals surface area contributed by atoms with Crippen LogP contribution >= 0.6 is 0 Å². The minimum absolute atomic E-state index is 0.0710. The summed E-state index contributed by atoms with van der Waals surface area (Å²) in [6, 6.07) is 17.0. The van der Waals surface area contributed by atoms with Gasteiger partial charge in [0.05, 0.1) is 6.54 Å². The standard InChI is InChI=1S/C23H21N3O3/c1-23(18-11-10-15-8-5-9-17(15)12-18)21(27)26(22(28)24-23)14-19-13-20(29-25-19)16-6-3-2-4-7-16/h2-4,6-7,10-13H,5,8-9,14H2,1H3,(H,24,28). The number of urea groups is 1. The third kappa shape index (κ3) is 2.92. The van der Waals surface area contributed by atoms with Crippen LogP contribution < -0.4 is 5.32 Å². The van der Waals surface area contributed by atoms with E-state index in [1.54, 1.807) is 13.0 Å². The summed E-state index contributed by atoms with van der Waals surface area (Å²) in [5.74, 6) is 0.332. The van der Waals surface area contributed by atoms with E-state index in [2.05, 4.69) is 22.6 Å². The van der Waals surface area contributed by atoms with Crippen molar-refractivity contribution in [1.29, 1.82) is 0 Å². The lowest BCUT2D eigenvalue weighted by molar-refractivity contribution is -0.131. The molecule has 1 fully saturated rings. The number of benzene rings is 2. The molecule has 2 heterocycles. The van der Waals surface area contributed by atoms with Crippen molar-refractivity contribution >= 4 is 11.9 Å². The summed E-state index contributed by atoms with van der Waals surface area (Å²) in [5, 5.41) is 6.92. The van der Waals surface area contributed by atoms with Gasteiger partial charge in [0, 0.05) is 11.6 Å². The first-order valence-corrected chi connectivity index (χ1v) is 9.82. The summed E-state index contributed by atoms with van der Waals surface area (Å²) >= 11 is 0. The van der Waals surface area contributed by atoms with Gasteiger partial charge in [-0.05, 0) is 42.9 Å². The van der Waals surface area contributed by atoms with E-state index in [1.807, 2.05) is 36.4 Å². The maximum absolute atomic E-state index is 13.2. The Balaban J connectivity index is 1.39. The van der Waals surface area contributed by atoms with Crippen LogP contribution in [0, 0.1) is 0 Å². The zero-order valence-electron chi connectivity index (χ0n) is 16.1. The molecule has 0 spiro atoms. The smallest absolute Gasteiger partial charge is 0.325 e. The number of rotatable bonds is 4. The van der Waals surface area contributed by atoms with Crippen molar-refractivity contribution in [2.45, 2.75) is 38.3 Å². The third-order valence-electron chi connectivity index (χ3n) is 5.89. The third-order valence-corrected chi connectivity index (χ3v) is 5.89. The Morgan fingerprint density at radius 2 is 1.86 bits per heavy atom. The highest BCUT2D eigenvalue weighted by atomic mass is 16.5. The van der Waals surface area contributed by atoms with Crippen molar-refractivity contribution in [2.24, 2.45) is 0 Å². The maximum Gasteiger partial charge on any atom is 0.325 e. The summed E-state index contributed by atoms with van der Waals surface area (Å²) in [4.78, 5) is 27.0. The van der Waals surface area contributed by atoms with Gasteiger partial charge in [-0.2, -0.15) is 0 Å². The SMILES string of the molecule is CC1(c2ccc3c(c2)CCC3)NC(=O)N(Cc2cc(-c3ccccc3)on2)C1=O. The predicted octanol–water partition coefficient (Wildman–Crippen LogP) is 3.80. The molecule has 0 saturated carbocycles. The molecule has 2 aromatic carbocycles. The Hall–Kier alpha value is -3.41. The minimum Gasteiger partial charge on any atom is -0.356 e. The van der Waals surface area contributed by atoms with Crippen LogP contribution in [0.25, 0.3) is 11.3 Å². The van der Waals surface area contributed by atoms with Crippen LogP contribution in [-0.2, 0) is 29.7 Å². The van der Waals surface area contributed by atoms with Crippen LogP contribution in [0.1, 0.15) is 35.7 Å². The van der Waals surface area contributed by atoms with E-state index >= 15 is 0 Å². The Bertz CT molecular complexity index is 1110. The first kappa shape index (κ1) is 17.7. The number of amides is 3. The maximum atomic E-state index is 13.2. The number of nitrogens with one attached hydrogen (secondary N) is 1. The number of carbonyl (C=O) groups excluding carboxylic acids is 2. The van der Waals surface area contributed by atoms with Gasteiger partial charge in [0.2, 0.25) is 0 Å². The van der Waals surface area contributed by atoms with Crippen LogP contribution in [-0.4, -0.2) is 22.0 Å². The van der Waals surface area contributed by atoms with Gasteiger partial charge < -0.3 is 9.84 Å². The minimum atomic E-state index is -1.07. The Kier molecular flexibility index (Phi) is 4.01. The first-order valence-electron chi connectivity index (χ1n) is 9.82. The second-order valence-electron chi connectivity index (χ2n) is 7.83. The highest BCUT2D eigenvalue weighted by Gasteiger charge is 2.49. The molecular formula is C23H21N3O3. The first-order chi connectivity index (χ1) is 14.0. The number of imide groups is 1. The van der Waals surface area contributed by atoms with Gasteiger partial charge in [-0.15, -0.1) is 0 Å². The molecule has 5 rings (SSSR count). The predicted molar refractivity (Wildman–Crippen MR) is 107 cm³/mol. The van der Waals surface area contributed by atoms with Crippen molar-refractivity contribution in [3.63, 3.8) is 0 Å². The van der Waals surface area contributed by atoms with Crippen LogP contribution in [0.2, 0.25) is 0 Å². The molecule has 6 nitrogen and oxygen atoms in total. The molecule has 6 heteroatoms. The number of hydrogen-bond donors (Lipinski definition) is 1. The van der Waals surface area contributed by atoms with E-state index in [-0.39, 0.29) is 12.5 Å². The van der Waals surface area contributed by atoms with Crippen molar-refractivity contribution < 1.29 is 14.1 Å². The van der Waals surface area contributed by atoms with Gasteiger partial charge in [-0.3, -0.25) is 9.69 Å². The quantitative estimate of drug-likeness (QED) is 0.691. The molecule has 1 atom stereocenters. The topological polar surface area (TPSA) is 75.4 Å². The van der Waals surface area contributed by atoms with Gasteiger partial charge >= 0.3 is 6.03 Å². The number of aryl methyl sites for hydroxylation is 2. The largest absolute Gasteiger partial charge is 0.356 e. The number of hydrogen-bond acceptors (Lipinski definition) is 4. The van der Waals surface area contributed by atoms with Crippen LogP contribution in [0.5, 0.6) is 0 Å². The molecule has 3 amide bonds. The van der Waals surface area contributed by atoms with Gasteiger partial charge in [-0.25, -0.2) is 4.79 Å². The highest BCUT2D eigenvalue weighted by Crippen LogP contribution is 2.33. The Morgan fingerprint density at radius 3 is 2.69 bits per heavy atom. The molecule has 2 aliphatic rings. The monoisotopic (exact) mass is 387 g/mol. The molecule has 146 valence electrons. The van der Waals surface area contributed by atoms with E-state index in [0.717, 1.165) is 30.4 Å². The lowest BCUT2D eigenvalue weighted by Gasteiger charge is -2.23. The van der Waals surface area contributed by atoms with Crippen LogP contribution in [0.3, 0.4) is 0 Å². The van der Waals surface area contributed by atoms with Crippen molar-refractivity contribution in [1.82, 2.24) is 15.4 Å². The lowest BCUT2D eigenvalue weighted by atomic mass is 9.89. The fourth-order valence-corrected chi connectivity index (χ4v) is 4.21. The molecule has 1 unspecified atom stereocenters. The second kappa shape index (κ2) is 6.58. The Morgan fingerprint density at radius 1 is 1.07 bits per heavy atom. The fraction of sp³-hybridized carbons (Fsp3) is 0.261. The van der Waals surface area contributed by atoms with Gasteiger partial charge in [0.1, 0.15) is 11.2 Å². The Labute approximate surface area is 168 Å². The summed E-state index contributed by atoms with van der Waals surface area (Å²) in [7, 11) is 0. The zero-order valence-corrected chi connectivity index (χ0v) is 16.1. The summed E-state index contributed by atoms with van der Waals surface area (Å²) in [6.45, 7) is 1.84. The van der Waals surface area contributed by atoms with E-state index in [4.69, 9.17) is 4.52 Å². The molecule has 1 saturated heterocycles. The molecule has 1 aliphatic heterocycles.